The lowest BCUT2D eigenvalue weighted by molar-refractivity contribution is -0.144. The number of ether oxygens (including phenoxy) is 1. The Balaban J connectivity index is 1.70. The molecule has 2 fully saturated rings. The van der Waals surface area contributed by atoms with Crippen LogP contribution in [0, 0.1) is 5.41 Å². The average molecular weight is 360 g/mol. The Kier molecular flexibility index (Phi) is 4.28. The second kappa shape index (κ2) is 6.48. The molecule has 4 heterocycles. The van der Waals surface area contributed by atoms with Crippen LogP contribution in [0.3, 0.4) is 0 Å². The Bertz CT molecular complexity index is 812. The van der Waals surface area contributed by atoms with Crippen molar-refractivity contribution in [1.82, 2.24) is 24.4 Å². The fourth-order valence-electron chi connectivity index (χ4n) is 3.74. The van der Waals surface area contributed by atoms with E-state index in [9.17, 15) is 9.90 Å². The molecule has 1 amide bonds. The molecule has 0 aliphatic carbocycles. The fraction of sp³-hybridized carbons (Fsp3) is 0.647. The highest BCUT2D eigenvalue weighted by atomic mass is 16.5. The number of aromatic nitrogens is 4. The Hall–Kier alpha value is -2.26. The molecule has 0 spiro atoms. The van der Waals surface area contributed by atoms with E-state index in [1.165, 1.54) is 6.33 Å². The first kappa shape index (κ1) is 17.2. The van der Waals surface area contributed by atoms with Gasteiger partial charge in [0.15, 0.2) is 17.0 Å². The molecule has 26 heavy (non-hydrogen) atoms. The van der Waals surface area contributed by atoms with Gasteiger partial charge in [-0.2, -0.15) is 0 Å². The summed E-state index contributed by atoms with van der Waals surface area (Å²) in [5.41, 5.74) is 1.14. The van der Waals surface area contributed by atoms with Crippen LogP contribution in [0.2, 0.25) is 0 Å². The summed E-state index contributed by atoms with van der Waals surface area (Å²) in [4.78, 5) is 29.7. The molecule has 2 aliphatic rings. The van der Waals surface area contributed by atoms with Gasteiger partial charge >= 0.3 is 0 Å². The smallest absolute Gasteiger partial charge is 0.245 e. The van der Waals surface area contributed by atoms with Crippen LogP contribution in [0.1, 0.15) is 13.3 Å². The number of aliphatic hydroxyl groups is 1. The van der Waals surface area contributed by atoms with Gasteiger partial charge in [0.25, 0.3) is 0 Å². The topological polar surface area (TPSA) is 96.6 Å². The molecular weight excluding hydrogens is 336 g/mol. The van der Waals surface area contributed by atoms with Crippen LogP contribution in [0.15, 0.2) is 12.7 Å². The van der Waals surface area contributed by atoms with Gasteiger partial charge in [0.2, 0.25) is 5.91 Å². The molecule has 9 heteroatoms. The number of carbonyl (C=O) groups is 1. The van der Waals surface area contributed by atoms with Gasteiger partial charge in [-0.1, -0.05) is 6.92 Å². The van der Waals surface area contributed by atoms with Crippen LogP contribution in [-0.2, 0) is 16.1 Å². The number of imidazole rings is 1. The molecule has 140 valence electrons. The van der Waals surface area contributed by atoms with Crippen molar-refractivity contribution in [2.45, 2.75) is 25.9 Å². The van der Waals surface area contributed by atoms with E-state index in [2.05, 4.69) is 15.0 Å². The van der Waals surface area contributed by atoms with Crippen molar-refractivity contribution in [3.05, 3.63) is 12.7 Å². The summed E-state index contributed by atoms with van der Waals surface area (Å²) in [5.74, 6) is 0.806. The van der Waals surface area contributed by atoms with Crippen LogP contribution < -0.4 is 4.90 Å². The molecule has 2 aromatic heterocycles. The molecule has 1 N–H and O–H groups in total. The van der Waals surface area contributed by atoms with E-state index < -0.39 is 0 Å². The van der Waals surface area contributed by atoms with Crippen molar-refractivity contribution in [2.75, 3.05) is 44.9 Å². The molecule has 4 rings (SSSR count). The maximum atomic E-state index is 12.5. The van der Waals surface area contributed by atoms with Crippen molar-refractivity contribution in [1.29, 1.82) is 0 Å². The number of anilines is 1. The molecule has 9 nitrogen and oxygen atoms in total. The normalized spacial score (nSPS) is 22.7. The minimum atomic E-state index is -0.269. The van der Waals surface area contributed by atoms with Gasteiger partial charge in [0.1, 0.15) is 12.4 Å². The molecule has 2 aliphatic heterocycles. The van der Waals surface area contributed by atoms with E-state index in [4.69, 9.17) is 4.74 Å². The maximum Gasteiger partial charge on any atom is 0.245 e. The van der Waals surface area contributed by atoms with Crippen LogP contribution in [0.25, 0.3) is 11.2 Å². The molecule has 0 bridgehead atoms. The van der Waals surface area contributed by atoms with Crippen molar-refractivity contribution in [3.63, 3.8) is 0 Å². The van der Waals surface area contributed by atoms with Gasteiger partial charge in [-0.3, -0.25) is 4.79 Å². The highest BCUT2D eigenvalue weighted by molar-refractivity contribution is 5.90. The number of rotatable bonds is 5. The molecule has 2 aromatic rings. The number of fused-ring (bicyclic) bond motifs is 1. The molecule has 1 unspecified atom stereocenters. The Morgan fingerprint density at radius 2 is 2.12 bits per heavy atom. The summed E-state index contributed by atoms with van der Waals surface area (Å²) in [6, 6.07) is -0.235. The molecule has 0 radical (unpaired) electrons. The van der Waals surface area contributed by atoms with E-state index in [-0.39, 0.29) is 24.0 Å². The lowest BCUT2D eigenvalue weighted by Gasteiger charge is -2.40. The number of amides is 1. The lowest BCUT2D eigenvalue weighted by Crippen LogP contribution is -2.56. The number of carbonyl (C=O) groups excluding carboxylic acids is 1. The molecule has 2 saturated heterocycles. The Labute approximate surface area is 151 Å². The zero-order valence-corrected chi connectivity index (χ0v) is 15.1. The fourth-order valence-corrected chi connectivity index (χ4v) is 3.74. The van der Waals surface area contributed by atoms with Crippen molar-refractivity contribution in [3.8, 4) is 0 Å². The van der Waals surface area contributed by atoms with E-state index in [0.29, 0.717) is 50.6 Å². The Morgan fingerprint density at radius 3 is 2.77 bits per heavy atom. The zero-order chi connectivity index (χ0) is 18.3. The Morgan fingerprint density at radius 1 is 1.31 bits per heavy atom. The molecule has 1 atom stereocenters. The summed E-state index contributed by atoms with van der Waals surface area (Å²) >= 11 is 0. The van der Waals surface area contributed by atoms with Gasteiger partial charge in [-0.05, 0) is 6.42 Å². The van der Waals surface area contributed by atoms with E-state index >= 15 is 0 Å². The summed E-state index contributed by atoms with van der Waals surface area (Å²) in [6.07, 6.45) is 3.96. The lowest BCUT2D eigenvalue weighted by atomic mass is 9.87. The highest BCUT2D eigenvalue weighted by Gasteiger charge is 2.39. The zero-order valence-electron chi connectivity index (χ0n) is 15.1. The summed E-state index contributed by atoms with van der Waals surface area (Å²) < 4.78 is 7.23. The standard InChI is InChI=1S/C17H24N6O3/c1-3-12-16(25)21(2)4-5-23(12)15-13-14(18-10-19-15)22(11-20-13)6-17(7-24)8-26-9-17/h10-12,24H,3-9H2,1-2H3. The van der Waals surface area contributed by atoms with E-state index in [0.717, 1.165) is 5.65 Å². The third-order valence-electron chi connectivity index (χ3n) is 5.41. The second-order valence-electron chi connectivity index (χ2n) is 7.27. The number of hydrogen-bond acceptors (Lipinski definition) is 7. The maximum absolute atomic E-state index is 12.5. The third kappa shape index (κ3) is 2.62. The van der Waals surface area contributed by atoms with E-state index in [1.807, 2.05) is 23.4 Å². The van der Waals surface area contributed by atoms with Crippen LogP contribution >= 0.6 is 0 Å². The van der Waals surface area contributed by atoms with E-state index in [1.54, 1.807) is 11.2 Å². The quantitative estimate of drug-likeness (QED) is 0.795. The second-order valence-corrected chi connectivity index (χ2v) is 7.27. The molecular formula is C17H24N6O3. The minimum Gasteiger partial charge on any atom is -0.396 e. The molecule has 0 saturated carbocycles. The first-order chi connectivity index (χ1) is 12.6. The first-order valence-electron chi connectivity index (χ1n) is 8.94. The van der Waals surface area contributed by atoms with Gasteiger partial charge in [0.05, 0.1) is 31.6 Å². The van der Waals surface area contributed by atoms with Crippen LogP contribution in [-0.4, -0.2) is 81.4 Å². The van der Waals surface area contributed by atoms with Gasteiger partial charge < -0.3 is 24.2 Å². The predicted octanol–water partition coefficient (Wildman–Crippen LogP) is -0.108. The summed E-state index contributed by atoms with van der Waals surface area (Å²) in [5, 5.41) is 9.69. The van der Waals surface area contributed by atoms with Crippen molar-refractivity contribution < 1.29 is 14.6 Å². The number of nitrogens with zero attached hydrogens (tertiary/aromatic N) is 6. The monoisotopic (exact) mass is 360 g/mol. The number of likely N-dealkylation sites (N-methyl/N-ethyl adjacent to an activating group) is 1. The average Bonchev–Trinajstić information content (AvgIpc) is 3.03. The highest BCUT2D eigenvalue weighted by Crippen LogP contribution is 2.32. The predicted molar refractivity (Wildman–Crippen MR) is 94.7 cm³/mol. The van der Waals surface area contributed by atoms with Crippen LogP contribution in [0.5, 0.6) is 0 Å². The van der Waals surface area contributed by atoms with Crippen molar-refractivity contribution in [2.24, 2.45) is 5.41 Å². The largest absolute Gasteiger partial charge is 0.396 e. The van der Waals surface area contributed by atoms with Gasteiger partial charge in [-0.15, -0.1) is 0 Å². The van der Waals surface area contributed by atoms with Crippen LogP contribution in [0.4, 0.5) is 5.82 Å². The number of hydrogen-bond donors (Lipinski definition) is 1. The number of aliphatic hydroxyl groups excluding tert-OH is 1. The molecule has 0 aromatic carbocycles. The number of piperazine rings is 1. The SMILES string of the molecule is CCC1C(=O)N(C)CCN1c1ncnc2c1ncn2CC1(CO)COC1. The van der Waals surface area contributed by atoms with Gasteiger partial charge in [0, 0.05) is 26.7 Å². The minimum absolute atomic E-state index is 0.0650. The first-order valence-corrected chi connectivity index (χ1v) is 8.94. The summed E-state index contributed by atoms with van der Waals surface area (Å²) in [7, 11) is 1.83. The van der Waals surface area contributed by atoms with Gasteiger partial charge in [-0.25, -0.2) is 15.0 Å². The third-order valence-corrected chi connectivity index (χ3v) is 5.41. The van der Waals surface area contributed by atoms with Crippen molar-refractivity contribution >= 4 is 22.9 Å². The summed E-state index contributed by atoms with van der Waals surface area (Å²) in [6.45, 7) is 5.11.